The quantitative estimate of drug-likeness (QED) is 0.607. The molecule has 1 N–H and O–H groups in total. The Hall–Kier alpha value is -2.55. The third-order valence-electron chi connectivity index (χ3n) is 4.72. The van der Waals surface area contributed by atoms with E-state index >= 15 is 0 Å². The van der Waals surface area contributed by atoms with E-state index < -0.39 is 16.4 Å². The summed E-state index contributed by atoms with van der Waals surface area (Å²) in [5.74, 6) is -0.209. The van der Waals surface area contributed by atoms with E-state index in [2.05, 4.69) is 0 Å². The van der Waals surface area contributed by atoms with Crippen LogP contribution in [0.4, 0.5) is 5.69 Å². The summed E-state index contributed by atoms with van der Waals surface area (Å²) in [5, 5.41) is 11.4. The zero-order valence-corrected chi connectivity index (χ0v) is 18.0. The molecule has 1 unspecified atom stereocenters. The van der Waals surface area contributed by atoms with Gasteiger partial charge in [0.25, 0.3) is 5.56 Å². The maximum atomic E-state index is 13.1. The van der Waals surface area contributed by atoms with Crippen molar-refractivity contribution in [3.05, 3.63) is 64.4 Å². The smallest absolute Gasteiger partial charge is 0.264 e. The first-order valence-electron chi connectivity index (χ1n) is 8.91. The Morgan fingerprint density at radius 1 is 1.24 bits per heavy atom. The molecule has 0 spiro atoms. The van der Waals surface area contributed by atoms with Gasteiger partial charge in [0.05, 0.1) is 12.1 Å². The van der Waals surface area contributed by atoms with E-state index in [4.69, 9.17) is 17.0 Å². The molecule has 1 atom stereocenters. The molecule has 3 aromatic rings. The second kappa shape index (κ2) is 8.86. The molecular formula is C21H22N2O4S2. The molecule has 0 radical (unpaired) electrons. The van der Waals surface area contributed by atoms with Crippen LogP contribution in [0.15, 0.2) is 58.2 Å². The second-order valence-corrected chi connectivity index (χ2v) is 8.27. The molecule has 1 aromatic heterocycles. The number of aromatic nitrogens is 1. The first-order chi connectivity index (χ1) is 13.9. The van der Waals surface area contributed by atoms with Gasteiger partial charge < -0.3 is 19.3 Å². The summed E-state index contributed by atoms with van der Waals surface area (Å²) in [4.78, 5) is 15.6. The summed E-state index contributed by atoms with van der Waals surface area (Å²) in [6, 6.07) is 14.4. The van der Waals surface area contributed by atoms with E-state index in [0.717, 1.165) is 5.69 Å². The molecule has 0 amide bonds. The lowest BCUT2D eigenvalue weighted by atomic mass is 10.1. The van der Waals surface area contributed by atoms with Gasteiger partial charge in [-0.2, -0.15) is 0 Å². The molecule has 8 heteroatoms. The molecular weight excluding hydrogens is 408 g/mol. The molecule has 0 aliphatic rings. The molecule has 0 aliphatic carbocycles. The number of benzene rings is 2. The number of hydrogen-bond donors (Lipinski definition) is 1. The minimum absolute atomic E-state index is 0.0361. The lowest BCUT2D eigenvalue weighted by Gasteiger charge is -2.26. The van der Waals surface area contributed by atoms with E-state index in [1.807, 2.05) is 30.3 Å². The van der Waals surface area contributed by atoms with Gasteiger partial charge in [0.2, 0.25) is 0 Å². The Bertz CT molecular complexity index is 1140. The fourth-order valence-electron chi connectivity index (χ4n) is 3.16. The lowest BCUT2D eigenvalue weighted by Crippen LogP contribution is -2.37. The van der Waals surface area contributed by atoms with Crippen LogP contribution in [0.2, 0.25) is 0 Å². The normalized spacial score (nSPS) is 12.1. The Balaban J connectivity index is 2.22. The number of thiocarbonyl (C=S) groups is 1. The molecule has 0 aliphatic heterocycles. The van der Waals surface area contributed by atoms with E-state index in [0.29, 0.717) is 29.0 Å². The number of para-hydroxylation sites is 1. The predicted octanol–water partition coefficient (Wildman–Crippen LogP) is 2.81. The van der Waals surface area contributed by atoms with Crippen molar-refractivity contribution in [1.82, 2.24) is 4.57 Å². The average Bonchev–Trinajstić information content (AvgIpc) is 2.73. The summed E-state index contributed by atoms with van der Waals surface area (Å²) >= 11 is 5.66. The van der Waals surface area contributed by atoms with Crippen molar-refractivity contribution >= 4 is 44.6 Å². The molecule has 29 heavy (non-hydrogen) atoms. The third-order valence-corrected chi connectivity index (χ3v) is 6.06. The fraction of sp³-hybridized carbons (Fsp3) is 0.238. The minimum Gasteiger partial charge on any atom is -0.506 e. The van der Waals surface area contributed by atoms with Crippen LogP contribution in [0.5, 0.6) is 5.75 Å². The van der Waals surface area contributed by atoms with Crippen LogP contribution in [0.1, 0.15) is 5.56 Å². The number of pyridine rings is 1. The van der Waals surface area contributed by atoms with Crippen LogP contribution < -0.4 is 10.5 Å². The predicted molar refractivity (Wildman–Crippen MR) is 121 cm³/mol. The summed E-state index contributed by atoms with van der Waals surface area (Å²) in [5.41, 5.74) is 0.966. The number of aromatic hydroxyl groups is 1. The highest BCUT2D eigenvalue weighted by molar-refractivity contribution is 7.84. The Labute approximate surface area is 176 Å². The number of rotatable bonds is 6. The number of anilines is 1. The Kier molecular flexibility index (Phi) is 6.46. The van der Waals surface area contributed by atoms with Crippen molar-refractivity contribution in [2.45, 2.75) is 4.90 Å². The SMILES string of the molecule is COCCN(C(=S)c1c(O)c2cc(S(C)=O)ccc2n(C)c1=O)c1ccccc1. The number of ether oxygens (including phenoxy) is 1. The highest BCUT2D eigenvalue weighted by Gasteiger charge is 2.23. The molecule has 0 bridgehead atoms. The van der Waals surface area contributed by atoms with Crippen molar-refractivity contribution in [1.29, 1.82) is 0 Å². The van der Waals surface area contributed by atoms with E-state index in [9.17, 15) is 14.1 Å². The topological polar surface area (TPSA) is 71.8 Å². The van der Waals surface area contributed by atoms with Crippen molar-refractivity contribution in [2.24, 2.45) is 7.05 Å². The van der Waals surface area contributed by atoms with Gasteiger partial charge >= 0.3 is 0 Å². The number of aryl methyl sites for hydroxylation is 1. The number of fused-ring (bicyclic) bond motifs is 1. The number of methoxy groups -OCH3 is 1. The molecule has 2 aromatic carbocycles. The minimum atomic E-state index is -1.22. The van der Waals surface area contributed by atoms with Gasteiger partial charge in [-0.05, 0) is 30.3 Å². The van der Waals surface area contributed by atoms with Gasteiger partial charge in [-0.15, -0.1) is 0 Å². The van der Waals surface area contributed by atoms with Crippen molar-refractivity contribution in [3.8, 4) is 5.75 Å². The van der Waals surface area contributed by atoms with Crippen LogP contribution in [0.3, 0.4) is 0 Å². The highest BCUT2D eigenvalue weighted by Crippen LogP contribution is 2.30. The molecule has 3 rings (SSSR count). The first kappa shape index (κ1) is 21.2. The first-order valence-corrected chi connectivity index (χ1v) is 10.9. The zero-order valence-electron chi connectivity index (χ0n) is 16.4. The Morgan fingerprint density at radius 2 is 1.93 bits per heavy atom. The van der Waals surface area contributed by atoms with Crippen LogP contribution in [0, 0.1) is 0 Å². The molecule has 1 heterocycles. The fourth-order valence-corrected chi connectivity index (χ4v) is 4.08. The summed E-state index contributed by atoms with van der Waals surface area (Å²) < 4.78 is 18.5. The average molecular weight is 431 g/mol. The van der Waals surface area contributed by atoms with Gasteiger partial charge in [0.1, 0.15) is 16.3 Å². The van der Waals surface area contributed by atoms with Gasteiger partial charge in [0.15, 0.2) is 0 Å². The van der Waals surface area contributed by atoms with Crippen molar-refractivity contribution in [2.75, 3.05) is 31.4 Å². The van der Waals surface area contributed by atoms with Gasteiger partial charge in [-0.3, -0.25) is 9.00 Å². The second-order valence-electron chi connectivity index (χ2n) is 6.51. The lowest BCUT2D eigenvalue weighted by molar-refractivity contribution is 0.208. The molecule has 152 valence electrons. The van der Waals surface area contributed by atoms with E-state index in [1.165, 1.54) is 4.57 Å². The standard InChI is InChI=1S/C21H22N2O4S2/c1-22-17-10-9-15(29(3)26)13-16(17)19(24)18(20(22)25)21(28)23(11-12-27-2)14-7-5-4-6-8-14/h4-10,13,24H,11-12H2,1-3H3. The largest absolute Gasteiger partial charge is 0.506 e. The summed E-state index contributed by atoms with van der Waals surface area (Å²) in [6.07, 6.45) is 1.56. The Morgan fingerprint density at radius 3 is 2.55 bits per heavy atom. The van der Waals surface area contributed by atoms with Crippen molar-refractivity contribution < 1.29 is 14.1 Å². The third kappa shape index (κ3) is 4.10. The maximum Gasteiger partial charge on any atom is 0.264 e. The number of hydrogen-bond acceptors (Lipinski definition) is 5. The number of nitrogens with zero attached hydrogens (tertiary/aromatic N) is 2. The van der Waals surface area contributed by atoms with Crippen LogP contribution in [0.25, 0.3) is 10.9 Å². The highest BCUT2D eigenvalue weighted by atomic mass is 32.2. The van der Waals surface area contributed by atoms with Crippen LogP contribution in [-0.2, 0) is 22.6 Å². The van der Waals surface area contributed by atoms with Crippen LogP contribution >= 0.6 is 12.2 Å². The van der Waals surface area contributed by atoms with Gasteiger partial charge in [-0.1, -0.05) is 30.4 Å². The van der Waals surface area contributed by atoms with Crippen LogP contribution in [-0.4, -0.2) is 45.4 Å². The summed E-state index contributed by atoms with van der Waals surface area (Å²) in [7, 11) is 1.99. The molecule has 0 fully saturated rings. The zero-order chi connectivity index (χ0) is 21.1. The van der Waals surface area contributed by atoms with Crippen molar-refractivity contribution in [3.63, 3.8) is 0 Å². The monoisotopic (exact) mass is 430 g/mol. The molecule has 0 saturated carbocycles. The van der Waals surface area contributed by atoms with Gasteiger partial charge in [-0.25, -0.2) is 0 Å². The maximum absolute atomic E-state index is 13.1. The molecule has 0 saturated heterocycles. The van der Waals surface area contributed by atoms with E-state index in [1.54, 1.807) is 43.5 Å². The summed E-state index contributed by atoms with van der Waals surface area (Å²) in [6.45, 7) is 0.807. The molecule has 6 nitrogen and oxygen atoms in total. The van der Waals surface area contributed by atoms with Gasteiger partial charge in [0, 0.05) is 53.7 Å². The van der Waals surface area contributed by atoms with E-state index in [-0.39, 0.29) is 16.3 Å².